The first-order chi connectivity index (χ1) is 9.45. The van der Waals surface area contributed by atoms with E-state index in [0.717, 1.165) is 5.69 Å². The molecule has 1 aromatic carbocycles. The van der Waals surface area contributed by atoms with Crippen molar-refractivity contribution < 1.29 is 4.79 Å². The summed E-state index contributed by atoms with van der Waals surface area (Å²) >= 11 is 11.4. The Morgan fingerprint density at radius 1 is 1.20 bits per heavy atom. The number of aromatic nitrogens is 2. The number of carbonyl (C=O) groups is 1. The minimum atomic E-state index is -0.292. The summed E-state index contributed by atoms with van der Waals surface area (Å²) in [6.07, 6.45) is 0. The van der Waals surface area contributed by atoms with Gasteiger partial charge in [-0.3, -0.25) is 4.79 Å². The summed E-state index contributed by atoms with van der Waals surface area (Å²) in [6.45, 7) is 0. The Hall–Kier alpha value is -1.85. The van der Waals surface area contributed by atoms with E-state index in [9.17, 15) is 4.79 Å². The molecule has 1 aromatic heterocycles. The predicted molar refractivity (Wildman–Crippen MR) is 80.8 cm³/mol. The molecule has 0 aliphatic heterocycles. The largest absolute Gasteiger partial charge is 0.378 e. The summed E-state index contributed by atoms with van der Waals surface area (Å²) in [5.74, 6) is -0.0326. The van der Waals surface area contributed by atoms with Gasteiger partial charge in [-0.15, -0.1) is 0 Å². The Morgan fingerprint density at radius 3 is 2.60 bits per heavy atom. The highest BCUT2D eigenvalue weighted by Crippen LogP contribution is 2.17. The average Bonchev–Trinajstić information content (AvgIpc) is 2.37. The van der Waals surface area contributed by atoms with Crippen LogP contribution in [0.2, 0.25) is 10.4 Å². The molecule has 5 nitrogen and oxygen atoms in total. The summed E-state index contributed by atoms with van der Waals surface area (Å²) in [6, 6.07) is 8.65. The molecule has 0 spiro atoms. The molecule has 0 unspecified atom stereocenters. The first kappa shape index (κ1) is 14.6. The Morgan fingerprint density at radius 2 is 1.95 bits per heavy atom. The zero-order chi connectivity index (χ0) is 14.7. The van der Waals surface area contributed by atoms with Crippen LogP contribution in [0.3, 0.4) is 0 Å². The molecule has 2 aromatic rings. The predicted octanol–water partition coefficient (Wildman–Crippen LogP) is 3.10. The molecule has 0 saturated heterocycles. The maximum absolute atomic E-state index is 12.1. The Labute approximate surface area is 126 Å². The van der Waals surface area contributed by atoms with Crippen molar-refractivity contribution in [3.8, 4) is 0 Å². The number of nitrogens with one attached hydrogen (secondary N) is 1. The number of anilines is 2. The van der Waals surface area contributed by atoms with Crippen molar-refractivity contribution >= 4 is 40.6 Å². The van der Waals surface area contributed by atoms with Gasteiger partial charge in [-0.2, -0.15) is 0 Å². The zero-order valence-electron chi connectivity index (χ0n) is 10.9. The molecule has 7 heteroatoms. The van der Waals surface area contributed by atoms with Gasteiger partial charge in [0.25, 0.3) is 5.91 Å². The third-order valence-electron chi connectivity index (χ3n) is 2.53. The second-order valence-electron chi connectivity index (χ2n) is 4.24. The minimum Gasteiger partial charge on any atom is -0.378 e. The van der Waals surface area contributed by atoms with E-state index in [0.29, 0.717) is 5.56 Å². The second-order valence-corrected chi connectivity index (χ2v) is 4.97. The number of carbonyl (C=O) groups excluding carboxylic acids is 1. The van der Waals surface area contributed by atoms with Crippen molar-refractivity contribution in [2.45, 2.75) is 0 Å². The standard InChI is InChI=1S/C13H12Cl2N4O/c1-19(2)9-5-3-4-8(6-9)12(20)17-11-7-10(14)16-13(15)18-11/h3-7H,1-2H3,(H,16,17,18,20). The molecule has 0 aliphatic carbocycles. The van der Waals surface area contributed by atoms with E-state index in [1.54, 1.807) is 12.1 Å². The molecule has 104 valence electrons. The highest BCUT2D eigenvalue weighted by Gasteiger charge is 2.09. The van der Waals surface area contributed by atoms with Gasteiger partial charge in [0, 0.05) is 31.4 Å². The number of rotatable bonds is 3. The number of benzene rings is 1. The molecule has 0 saturated carbocycles. The Kier molecular flexibility index (Phi) is 4.42. The summed E-state index contributed by atoms with van der Waals surface area (Å²) in [5, 5.41) is 2.78. The van der Waals surface area contributed by atoms with Gasteiger partial charge in [0.05, 0.1) is 0 Å². The van der Waals surface area contributed by atoms with Crippen LogP contribution in [-0.2, 0) is 0 Å². The Balaban J connectivity index is 2.21. The molecule has 0 bridgehead atoms. The lowest BCUT2D eigenvalue weighted by molar-refractivity contribution is 0.102. The molecule has 20 heavy (non-hydrogen) atoms. The van der Waals surface area contributed by atoms with Crippen molar-refractivity contribution in [2.24, 2.45) is 0 Å². The van der Waals surface area contributed by atoms with Gasteiger partial charge >= 0.3 is 0 Å². The van der Waals surface area contributed by atoms with Crippen LogP contribution in [0.1, 0.15) is 10.4 Å². The first-order valence-electron chi connectivity index (χ1n) is 5.74. The zero-order valence-corrected chi connectivity index (χ0v) is 12.4. The lowest BCUT2D eigenvalue weighted by atomic mass is 10.2. The molecule has 2 rings (SSSR count). The topological polar surface area (TPSA) is 58.1 Å². The smallest absolute Gasteiger partial charge is 0.256 e. The van der Waals surface area contributed by atoms with Crippen LogP contribution in [0.5, 0.6) is 0 Å². The van der Waals surface area contributed by atoms with E-state index in [1.807, 2.05) is 31.1 Å². The van der Waals surface area contributed by atoms with Crippen LogP contribution >= 0.6 is 23.2 Å². The van der Waals surface area contributed by atoms with Crippen molar-refractivity contribution in [2.75, 3.05) is 24.3 Å². The van der Waals surface area contributed by atoms with Crippen molar-refractivity contribution in [3.63, 3.8) is 0 Å². The highest BCUT2D eigenvalue weighted by molar-refractivity contribution is 6.32. The molecular weight excluding hydrogens is 299 g/mol. The average molecular weight is 311 g/mol. The van der Waals surface area contributed by atoms with Crippen LogP contribution in [0.25, 0.3) is 0 Å². The Bertz CT molecular complexity index is 626. The molecule has 1 heterocycles. The van der Waals surface area contributed by atoms with E-state index < -0.39 is 0 Å². The number of amides is 1. The van der Waals surface area contributed by atoms with E-state index in [-0.39, 0.29) is 22.2 Å². The molecule has 1 N–H and O–H groups in total. The molecule has 0 aliphatic rings. The minimum absolute atomic E-state index is 0.0187. The van der Waals surface area contributed by atoms with Crippen molar-refractivity contribution in [3.05, 3.63) is 46.3 Å². The SMILES string of the molecule is CN(C)c1cccc(C(=O)Nc2cc(Cl)nc(Cl)n2)c1. The van der Waals surface area contributed by atoms with Crippen molar-refractivity contribution in [1.82, 2.24) is 9.97 Å². The maximum atomic E-state index is 12.1. The highest BCUT2D eigenvalue weighted by atomic mass is 35.5. The fraction of sp³-hybridized carbons (Fsp3) is 0.154. The van der Waals surface area contributed by atoms with E-state index in [4.69, 9.17) is 23.2 Å². The summed E-state index contributed by atoms with van der Waals surface area (Å²) < 4.78 is 0. The monoisotopic (exact) mass is 310 g/mol. The summed E-state index contributed by atoms with van der Waals surface area (Å²) in [4.78, 5) is 21.6. The third kappa shape index (κ3) is 3.59. The number of halogens is 2. The quantitative estimate of drug-likeness (QED) is 0.699. The fourth-order valence-corrected chi connectivity index (χ4v) is 1.98. The van der Waals surface area contributed by atoms with Crippen LogP contribution in [0.4, 0.5) is 11.5 Å². The normalized spacial score (nSPS) is 10.2. The lowest BCUT2D eigenvalue weighted by Crippen LogP contribution is -2.15. The van der Waals surface area contributed by atoms with Gasteiger partial charge in [-0.25, -0.2) is 9.97 Å². The number of hydrogen-bond donors (Lipinski definition) is 1. The van der Waals surface area contributed by atoms with Gasteiger partial charge in [-0.05, 0) is 29.8 Å². The maximum Gasteiger partial charge on any atom is 0.256 e. The van der Waals surface area contributed by atoms with Gasteiger partial charge in [0.2, 0.25) is 5.28 Å². The molecule has 0 atom stereocenters. The van der Waals surface area contributed by atoms with E-state index >= 15 is 0 Å². The van der Waals surface area contributed by atoms with Gasteiger partial charge in [-0.1, -0.05) is 17.7 Å². The summed E-state index contributed by atoms with van der Waals surface area (Å²) in [5.41, 5.74) is 1.44. The molecule has 0 radical (unpaired) electrons. The van der Waals surface area contributed by atoms with E-state index in [1.165, 1.54) is 6.07 Å². The van der Waals surface area contributed by atoms with Crippen LogP contribution < -0.4 is 10.2 Å². The summed E-state index contributed by atoms with van der Waals surface area (Å²) in [7, 11) is 3.81. The van der Waals surface area contributed by atoms with Crippen LogP contribution in [0, 0.1) is 0 Å². The molecule has 1 amide bonds. The lowest BCUT2D eigenvalue weighted by Gasteiger charge is -2.13. The van der Waals surface area contributed by atoms with Gasteiger partial charge in [0.15, 0.2) is 0 Å². The van der Waals surface area contributed by atoms with Crippen LogP contribution in [0.15, 0.2) is 30.3 Å². The van der Waals surface area contributed by atoms with Gasteiger partial charge in [0.1, 0.15) is 11.0 Å². The molecular formula is C13H12Cl2N4O. The van der Waals surface area contributed by atoms with Gasteiger partial charge < -0.3 is 10.2 Å². The first-order valence-corrected chi connectivity index (χ1v) is 6.50. The van der Waals surface area contributed by atoms with Crippen LogP contribution in [-0.4, -0.2) is 30.0 Å². The van der Waals surface area contributed by atoms with Crippen molar-refractivity contribution in [1.29, 1.82) is 0 Å². The second kappa shape index (κ2) is 6.07. The van der Waals surface area contributed by atoms with E-state index in [2.05, 4.69) is 15.3 Å². The molecule has 0 fully saturated rings. The fourth-order valence-electron chi connectivity index (χ4n) is 1.57. The number of nitrogens with zero attached hydrogens (tertiary/aromatic N) is 3. The number of hydrogen-bond acceptors (Lipinski definition) is 4. The third-order valence-corrected chi connectivity index (χ3v) is 2.90.